The molecule has 0 saturated heterocycles. The maximum Gasteiger partial charge on any atom is 0.255 e. The van der Waals surface area contributed by atoms with Crippen molar-refractivity contribution in [2.24, 2.45) is 4.99 Å². The number of unbranched alkanes of at least 4 members (excludes halogenated alkanes) is 1. The van der Waals surface area contributed by atoms with Crippen molar-refractivity contribution in [1.29, 1.82) is 0 Å². The lowest BCUT2D eigenvalue weighted by Gasteiger charge is -2.11. The summed E-state index contributed by atoms with van der Waals surface area (Å²) in [4.78, 5) is 17.2. The molecule has 0 heterocycles. The number of aliphatic imine (C=N–C) groups is 1. The van der Waals surface area contributed by atoms with Gasteiger partial charge >= 0.3 is 0 Å². The highest BCUT2D eigenvalue weighted by Crippen LogP contribution is 2.24. The molecule has 0 fully saturated rings. The molecular weight excluding hydrogens is 514 g/mol. The molecule has 0 spiro atoms. The predicted molar refractivity (Wildman–Crippen MR) is 194 cm³/mol. The highest BCUT2D eigenvalue weighted by Gasteiger charge is 2.08. The van der Waals surface area contributed by atoms with Crippen LogP contribution in [0.5, 0.6) is 0 Å². The Morgan fingerprint density at radius 3 is 1.86 bits per heavy atom. The number of nitrogens with one attached hydrogen (secondary N) is 2. The van der Waals surface area contributed by atoms with Crippen LogP contribution in [0.4, 0.5) is 11.4 Å². The average molecular weight is 576 g/mol. The van der Waals surface area contributed by atoms with Gasteiger partial charge in [-0.05, 0) is 61.2 Å². The van der Waals surface area contributed by atoms with Gasteiger partial charge in [0.15, 0.2) is 0 Å². The molecular formula is C38H61N3O. The molecule has 0 unspecified atom stereocenters. The third-order valence-corrected chi connectivity index (χ3v) is 5.03. The van der Waals surface area contributed by atoms with Gasteiger partial charge in [-0.15, -0.1) is 13.2 Å². The Morgan fingerprint density at radius 1 is 0.881 bits per heavy atom. The predicted octanol–water partition coefficient (Wildman–Crippen LogP) is 11.9. The molecule has 4 nitrogen and oxygen atoms in total. The summed E-state index contributed by atoms with van der Waals surface area (Å²) in [5, 5.41) is 6.08. The summed E-state index contributed by atoms with van der Waals surface area (Å²) >= 11 is 0. The van der Waals surface area contributed by atoms with Crippen molar-refractivity contribution in [2.75, 3.05) is 5.32 Å². The Labute approximate surface area is 260 Å². The number of amides is 1. The molecule has 0 aromatic heterocycles. The summed E-state index contributed by atoms with van der Waals surface area (Å²) in [6.07, 6.45) is 8.89. The second-order valence-electron chi connectivity index (χ2n) is 7.93. The number of nitrogens with zero attached hydrogens (tertiary/aromatic N) is 1. The van der Waals surface area contributed by atoms with E-state index in [4.69, 9.17) is 0 Å². The van der Waals surface area contributed by atoms with Crippen LogP contribution in [0.3, 0.4) is 0 Å². The van der Waals surface area contributed by atoms with E-state index in [1.807, 2.05) is 104 Å². The van der Waals surface area contributed by atoms with Crippen LogP contribution in [0.15, 0.2) is 110 Å². The Hall–Kier alpha value is -3.92. The van der Waals surface area contributed by atoms with Gasteiger partial charge in [0, 0.05) is 16.9 Å². The van der Waals surface area contributed by atoms with E-state index < -0.39 is 0 Å². The maximum absolute atomic E-state index is 12.5. The van der Waals surface area contributed by atoms with Gasteiger partial charge in [0.2, 0.25) is 0 Å². The third kappa shape index (κ3) is 20.9. The first-order chi connectivity index (χ1) is 20.2. The van der Waals surface area contributed by atoms with E-state index in [1.54, 1.807) is 12.2 Å². The van der Waals surface area contributed by atoms with E-state index in [0.29, 0.717) is 22.8 Å². The SMILES string of the molecule is C=C.C=C/C=C\C(=C)C(=C)NC(C)=Nc1cc(NC(=O)c2ccc(CC)cc2)ccc1C.CC.CC.CC.CCCC. The third-order valence-electron chi connectivity index (χ3n) is 5.03. The number of hydrogen-bond acceptors (Lipinski definition) is 2. The number of carbonyl (C=O) groups is 1. The van der Waals surface area contributed by atoms with Gasteiger partial charge in [-0.1, -0.05) is 131 Å². The lowest BCUT2D eigenvalue weighted by Crippen LogP contribution is -2.19. The average Bonchev–Trinajstić information content (AvgIpc) is 3.05. The number of anilines is 1. The fourth-order valence-corrected chi connectivity index (χ4v) is 2.69. The fourth-order valence-electron chi connectivity index (χ4n) is 2.69. The Bertz CT molecular complexity index is 1060. The van der Waals surface area contributed by atoms with Crippen LogP contribution in [0, 0.1) is 6.92 Å². The van der Waals surface area contributed by atoms with Crippen LogP contribution in [0.2, 0.25) is 0 Å². The van der Waals surface area contributed by atoms with Crippen molar-refractivity contribution in [3.8, 4) is 0 Å². The molecule has 0 radical (unpaired) electrons. The number of allylic oxidation sites excluding steroid dienone is 3. The van der Waals surface area contributed by atoms with Gasteiger partial charge < -0.3 is 10.6 Å². The van der Waals surface area contributed by atoms with Gasteiger partial charge in [-0.2, -0.15) is 0 Å². The monoisotopic (exact) mass is 575 g/mol. The van der Waals surface area contributed by atoms with Crippen molar-refractivity contribution in [1.82, 2.24) is 5.32 Å². The lowest BCUT2D eigenvalue weighted by molar-refractivity contribution is 0.102. The molecule has 4 heteroatoms. The second-order valence-corrected chi connectivity index (χ2v) is 7.93. The number of aryl methyl sites for hydroxylation is 2. The van der Waals surface area contributed by atoms with Crippen molar-refractivity contribution in [2.45, 2.75) is 95.4 Å². The molecule has 0 aliphatic carbocycles. The smallest absolute Gasteiger partial charge is 0.255 e. The van der Waals surface area contributed by atoms with Crippen molar-refractivity contribution in [3.63, 3.8) is 0 Å². The number of benzene rings is 2. The Kier molecular flexibility index (Phi) is 33.9. The van der Waals surface area contributed by atoms with Gasteiger partial charge in [-0.25, -0.2) is 4.99 Å². The summed E-state index contributed by atoms with van der Waals surface area (Å²) in [5.41, 5.74) is 5.68. The molecule has 2 aromatic rings. The molecule has 0 saturated carbocycles. The number of carbonyl (C=O) groups excluding carboxylic acids is 1. The highest BCUT2D eigenvalue weighted by atomic mass is 16.1. The van der Waals surface area contributed by atoms with E-state index in [9.17, 15) is 4.79 Å². The molecule has 0 atom stereocenters. The standard InChI is InChI=1S/C26H29N3O.C4H10.3C2H6.C2H4/c1-7-9-10-18(3)20(5)27-21(6)28-25-17-24(16-11-19(25)4)29-26(30)23-14-12-22(8-2)13-15-23;1-3-4-2;4*1-2/h7,9-17H,1,3,5,8H2,2,4,6H3,(H,27,28)(H,29,30);3-4H2,1-2H3;3*1-2H3;1-2H2/b10-9-;;;;;. The summed E-state index contributed by atoms with van der Waals surface area (Å²) < 4.78 is 0. The first-order valence-electron chi connectivity index (χ1n) is 15.3. The van der Waals surface area contributed by atoms with Gasteiger partial charge in [0.25, 0.3) is 5.91 Å². The van der Waals surface area contributed by atoms with Crippen LogP contribution in [0.25, 0.3) is 0 Å². The van der Waals surface area contributed by atoms with Gasteiger partial charge in [0.1, 0.15) is 5.84 Å². The first-order valence-corrected chi connectivity index (χ1v) is 15.3. The largest absolute Gasteiger partial charge is 0.344 e. The molecule has 2 N–H and O–H groups in total. The molecule has 2 aromatic carbocycles. The Morgan fingerprint density at radius 2 is 1.40 bits per heavy atom. The van der Waals surface area contributed by atoms with Crippen molar-refractivity contribution in [3.05, 3.63) is 122 Å². The highest BCUT2D eigenvalue weighted by molar-refractivity contribution is 6.04. The van der Waals surface area contributed by atoms with Crippen LogP contribution >= 0.6 is 0 Å². The molecule has 0 aliphatic heterocycles. The van der Waals surface area contributed by atoms with Crippen molar-refractivity contribution < 1.29 is 4.79 Å². The number of rotatable bonds is 9. The zero-order chi connectivity index (χ0) is 33.5. The molecule has 0 bridgehead atoms. The zero-order valence-corrected chi connectivity index (χ0v) is 28.8. The normalized spacial score (nSPS) is 9.26. The molecule has 1 amide bonds. The topological polar surface area (TPSA) is 53.5 Å². The van der Waals surface area contributed by atoms with Crippen LogP contribution in [-0.2, 0) is 6.42 Å². The molecule has 234 valence electrons. The Balaban J connectivity index is -0.000000525. The zero-order valence-electron chi connectivity index (χ0n) is 28.8. The summed E-state index contributed by atoms with van der Waals surface area (Å²) in [6, 6.07) is 13.3. The van der Waals surface area contributed by atoms with Crippen LogP contribution < -0.4 is 10.6 Å². The van der Waals surface area contributed by atoms with E-state index in [2.05, 4.69) is 69.3 Å². The summed E-state index contributed by atoms with van der Waals surface area (Å²) in [7, 11) is 0. The van der Waals surface area contributed by atoms with Gasteiger partial charge in [-0.3, -0.25) is 4.79 Å². The number of amidine groups is 1. The number of hydrogen-bond donors (Lipinski definition) is 2. The quantitative estimate of drug-likeness (QED) is 0.135. The van der Waals surface area contributed by atoms with E-state index in [1.165, 1.54) is 18.4 Å². The van der Waals surface area contributed by atoms with Crippen LogP contribution in [-0.4, -0.2) is 11.7 Å². The first kappa shape index (κ1) is 45.1. The fraction of sp³-hybridized carbons (Fsp3) is 0.368. The van der Waals surface area contributed by atoms with Crippen molar-refractivity contribution >= 4 is 23.1 Å². The van der Waals surface area contributed by atoms with E-state index in [-0.39, 0.29) is 5.91 Å². The molecule has 2 rings (SSSR count). The van der Waals surface area contributed by atoms with Crippen LogP contribution in [0.1, 0.15) is 104 Å². The molecule has 0 aliphatic rings. The summed E-state index contributed by atoms with van der Waals surface area (Å²) in [5.74, 6) is 0.528. The maximum atomic E-state index is 12.5. The van der Waals surface area contributed by atoms with E-state index >= 15 is 0 Å². The minimum atomic E-state index is -0.148. The van der Waals surface area contributed by atoms with Gasteiger partial charge in [0.05, 0.1) is 5.69 Å². The minimum Gasteiger partial charge on any atom is -0.344 e. The lowest BCUT2D eigenvalue weighted by atomic mass is 10.1. The second kappa shape index (κ2) is 31.6. The van der Waals surface area contributed by atoms with E-state index in [0.717, 1.165) is 23.2 Å². The summed E-state index contributed by atoms with van der Waals surface area (Å²) in [6.45, 7) is 39.9. The minimum absolute atomic E-state index is 0.148. The molecule has 42 heavy (non-hydrogen) atoms.